The standard InChI is InChI=1S/C35H35N3O3/c1-4-10-32-37-33-23(2)19-28(34(39)36-21-24(3)26-11-6-5-7-12-26)20-31(33)38(32)22-25-15-17-27(18-16-25)29-13-8-9-14-30(29)35(40)41/h5-9,11-20,24H,4,10,21-22H2,1-3H3,(H,36,39)(H,40,41)/t24-/m0/s1. The molecular formula is C35H35N3O3. The van der Waals surface area contributed by atoms with Gasteiger partial charge in [0.25, 0.3) is 5.91 Å². The van der Waals surface area contributed by atoms with Crippen molar-refractivity contribution in [3.63, 3.8) is 0 Å². The number of nitrogens with one attached hydrogen (secondary N) is 1. The first-order valence-electron chi connectivity index (χ1n) is 14.1. The van der Waals surface area contributed by atoms with Crippen molar-refractivity contribution in [1.82, 2.24) is 14.9 Å². The average molecular weight is 546 g/mol. The lowest BCUT2D eigenvalue weighted by atomic mass is 9.98. The summed E-state index contributed by atoms with van der Waals surface area (Å²) in [5.74, 6) is 0.158. The van der Waals surface area contributed by atoms with E-state index in [-0.39, 0.29) is 17.4 Å². The number of rotatable bonds is 10. The number of amides is 1. The Morgan fingerprint density at radius 2 is 1.66 bits per heavy atom. The molecule has 0 bridgehead atoms. The Balaban J connectivity index is 1.42. The van der Waals surface area contributed by atoms with Crippen LogP contribution in [0.4, 0.5) is 0 Å². The number of benzene rings is 4. The minimum Gasteiger partial charge on any atom is -0.478 e. The molecular weight excluding hydrogens is 510 g/mol. The number of aromatic carboxylic acids is 1. The highest BCUT2D eigenvalue weighted by molar-refractivity contribution is 5.98. The Hall–Kier alpha value is -4.71. The molecule has 0 radical (unpaired) electrons. The first-order valence-corrected chi connectivity index (χ1v) is 14.1. The summed E-state index contributed by atoms with van der Waals surface area (Å²) >= 11 is 0. The molecule has 208 valence electrons. The van der Waals surface area contributed by atoms with E-state index >= 15 is 0 Å². The minimum absolute atomic E-state index is 0.0935. The Morgan fingerprint density at radius 1 is 0.951 bits per heavy atom. The topological polar surface area (TPSA) is 84.2 Å². The van der Waals surface area contributed by atoms with E-state index in [4.69, 9.17) is 4.98 Å². The Labute approximate surface area is 240 Å². The van der Waals surface area contributed by atoms with Crippen LogP contribution in [0.1, 0.15) is 69.4 Å². The molecule has 1 amide bonds. The molecule has 1 heterocycles. The minimum atomic E-state index is -0.941. The number of fused-ring (bicyclic) bond motifs is 1. The lowest BCUT2D eigenvalue weighted by Gasteiger charge is -2.14. The van der Waals surface area contributed by atoms with Gasteiger partial charge in [0.05, 0.1) is 16.6 Å². The summed E-state index contributed by atoms with van der Waals surface area (Å²) in [6, 6.07) is 29.1. The molecule has 0 fully saturated rings. The summed E-state index contributed by atoms with van der Waals surface area (Å²) in [5, 5.41) is 12.7. The molecule has 1 aromatic heterocycles. The van der Waals surface area contributed by atoms with Crippen LogP contribution in [0.25, 0.3) is 22.2 Å². The summed E-state index contributed by atoms with van der Waals surface area (Å²) in [6.07, 6.45) is 1.78. The van der Waals surface area contributed by atoms with E-state index < -0.39 is 5.97 Å². The van der Waals surface area contributed by atoms with Crippen LogP contribution in [0.3, 0.4) is 0 Å². The Kier molecular flexibility index (Phi) is 8.29. The van der Waals surface area contributed by atoms with Gasteiger partial charge in [-0.15, -0.1) is 0 Å². The maximum Gasteiger partial charge on any atom is 0.336 e. The summed E-state index contributed by atoms with van der Waals surface area (Å²) < 4.78 is 2.20. The fraction of sp³-hybridized carbons (Fsp3) is 0.229. The van der Waals surface area contributed by atoms with Gasteiger partial charge in [0, 0.05) is 25.1 Å². The molecule has 0 aliphatic heterocycles. The van der Waals surface area contributed by atoms with Crippen molar-refractivity contribution >= 4 is 22.9 Å². The molecule has 4 aromatic carbocycles. The van der Waals surface area contributed by atoms with Crippen LogP contribution in [-0.4, -0.2) is 33.1 Å². The third-order valence-electron chi connectivity index (χ3n) is 7.56. The van der Waals surface area contributed by atoms with Gasteiger partial charge in [-0.2, -0.15) is 0 Å². The summed E-state index contributed by atoms with van der Waals surface area (Å²) in [6.45, 7) is 7.41. The second kappa shape index (κ2) is 12.2. The number of aromatic nitrogens is 2. The van der Waals surface area contributed by atoms with Crippen molar-refractivity contribution in [1.29, 1.82) is 0 Å². The number of nitrogens with zero attached hydrogens (tertiary/aromatic N) is 2. The summed E-state index contributed by atoms with van der Waals surface area (Å²) in [4.78, 5) is 29.9. The molecule has 2 N–H and O–H groups in total. The van der Waals surface area contributed by atoms with Crippen molar-refractivity contribution in [3.8, 4) is 11.1 Å². The molecule has 6 nitrogen and oxygen atoms in total. The van der Waals surface area contributed by atoms with Crippen LogP contribution in [-0.2, 0) is 13.0 Å². The number of imidazole rings is 1. The highest BCUT2D eigenvalue weighted by Crippen LogP contribution is 2.27. The number of aryl methyl sites for hydroxylation is 2. The number of carboxylic acids is 1. The van der Waals surface area contributed by atoms with Gasteiger partial charge in [-0.1, -0.05) is 86.6 Å². The third kappa shape index (κ3) is 6.07. The number of carbonyl (C=O) groups excluding carboxylic acids is 1. The van der Waals surface area contributed by atoms with Crippen molar-refractivity contribution in [2.24, 2.45) is 0 Å². The predicted molar refractivity (Wildman–Crippen MR) is 164 cm³/mol. The quantitative estimate of drug-likeness (QED) is 0.194. The Morgan fingerprint density at radius 3 is 2.37 bits per heavy atom. The van der Waals surface area contributed by atoms with E-state index in [1.54, 1.807) is 12.1 Å². The van der Waals surface area contributed by atoms with E-state index in [1.165, 1.54) is 5.56 Å². The van der Waals surface area contributed by atoms with Crippen molar-refractivity contribution in [3.05, 3.63) is 125 Å². The zero-order valence-electron chi connectivity index (χ0n) is 23.7. The number of carboxylic acid groups (broad SMARTS) is 1. The summed E-state index contributed by atoms with van der Waals surface area (Å²) in [5.41, 5.74) is 7.55. The molecule has 0 spiro atoms. The van der Waals surface area contributed by atoms with E-state index in [2.05, 4.69) is 35.9 Å². The van der Waals surface area contributed by atoms with Gasteiger partial charge in [-0.3, -0.25) is 4.79 Å². The highest BCUT2D eigenvalue weighted by Gasteiger charge is 2.17. The normalized spacial score (nSPS) is 11.9. The second-order valence-corrected chi connectivity index (χ2v) is 10.6. The maximum atomic E-state index is 13.2. The third-order valence-corrected chi connectivity index (χ3v) is 7.56. The van der Waals surface area contributed by atoms with Crippen LogP contribution in [0.5, 0.6) is 0 Å². The molecule has 5 rings (SSSR count). The lowest BCUT2D eigenvalue weighted by Crippen LogP contribution is -2.27. The van der Waals surface area contributed by atoms with E-state index in [1.807, 2.05) is 73.7 Å². The van der Waals surface area contributed by atoms with Gasteiger partial charge < -0.3 is 15.0 Å². The van der Waals surface area contributed by atoms with E-state index in [0.717, 1.165) is 46.4 Å². The van der Waals surface area contributed by atoms with Crippen molar-refractivity contribution in [2.45, 2.75) is 46.1 Å². The largest absolute Gasteiger partial charge is 0.478 e. The zero-order chi connectivity index (χ0) is 28.9. The maximum absolute atomic E-state index is 13.2. The number of hydrogen-bond acceptors (Lipinski definition) is 3. The lowest BCUT2D eigenvalue weighted by molar-refractivity contribution is 0.0697. The van der Waals surface area contributed by atoms with Gasteiger partial charge >= 0.3 is 5.97 Å². The number of carbonyl (C=O) groups is 2. The molecule has 0 unspecified atom stereocenters. The van der Waals surface area contributed by atoms with Crippen LogP contribution >= 0.6 is 0 Å². The van der Waals surface area contributed by atoms with Gasteiger partial charge in [0.2, 0.25) is 0 Å². The fourth-order valence-electron chi connectivity index (χ4n) is 5.30. The van der Waals surface area contributed by atoms with Gasteiger partial charge in [0.1, 0.15) is 5.82 Å². The number of hydrogen-bond donors (Lipinski definition) is 2. The van der Waals surface area contributed by atoms with Gasteiger partial charge in [-0.25, -0.2) is 9.78 Å². The highest BCUT2D eigenvalue weighted by atomic mass is 16.4. The van der Waals surface area contributed by atoms with Crippen molar-refractivity contribution in [2.75, 3.05) is 6.54 Å². The molecule has 0 aliphatic carbocycles. The predicted octanol–water partition coefficient (Wildman–Crippen LogP) is 7.24. The fourth-order valence-corrected chi connectivity index (χ4v) is 5.30. The van der Waals surface area contributed by atoms with Crippen LogP contribution < -0.4 is 5.32 Å². The average Bonchev–Trinajstić information content (AvgIpc) is 3.34. The Bertz CT molecular complexity index is 1690. The van der Waals surface area contributed by atoms with Crippen molar-refractivity contribution < 1.29 is 14.7 Å². The monoisotopic (exact) mass is 545 g/mol. The smallest absolute Gasteiger partial charge is 0.336 e. The molecule has 0 aliphatic rings. The molecule has 5 aromatic rings. The molecule has 0 saturated carbocycles. The molecule has 0 saturated heterocycles. The second-order valence-electron chi connectivity index (χ2n) is 10.6. The van der Waals surface area contributed by atoms with Crippen LogP contribution in [0.2, 0.25) is 0 Å². The summed E-state index contributed by atoms with van der Waals surface area (Å²) in [7, 11) is 0. The van der Waals surface area contributed by atoms with E-state index in [0.29, 0.717) is 24.2 Å². The van der Waals surface area contributed by atoms with Gasteiger partial charge in [-0.05, 0) is 65.3 Å². The van der Waals surface area contributed by atoms with Crippen LogP contribution in [0, 0.1) is 6.92 Å². The molecule has 41 heavy (non-hydrogen) atoms. The zero-order valence-corrected chi connectivity index (χ0v) is 23.7. The molecule has 1 atom stereocenters. The van der Waals surface area contributed by atoms with Crippen LogP contribution in [0.15, 0.2) is 91.0 Å². The van der Waals surface area contributed by atoms with Gasteiger partial charge in [0.15, 0.2) is 0 Å². The first kappa shape index (κ1) is 27.8. The first-order chi connectivity index (χ1) is 19.9. The van der Waals surface area contributed by atoms with E-state index in [9.17, 15) is 14.7 Å². The molecule has 6 heteroatoms. The SMILES string of the molecule is CCCc1nc2c(C)cc(C(=O)NC[C@H](C)c3ccccc3)cc2n1Cc1ccc(-c2ccccc2C(=O)O)cc1.